The molecule has 1 aromatic carbocycles. The Balaban J connectivity index is 2.57. The number of hydrogen-bond acceptors (Lipinski definition) is 3. The van der Waals surface area contributed by atoms with Crippen molar-refractivity contribution >= 4 is 22.0 Å². The summed E-state index contributed by atoms with van der Waals surface area (Å²) >= 11 is 3.34. The monoisotopic (exact) mass is 295 g/mol. The van der Waals surface area contributed by atoms with Crippen molar-refractivity contribution in [2.45, 2.75) is 38.1 Å². The average Bonchev–Trinajstić information content (AvgIpc) is 2.27. The highest BCUT2D eigenvalue weighted by Gasteiger charge is 2.41. The molecule has 0 amide bonds. The molecule has 0 spiro atoms. The fraction of sp³-hybridized carbons (Fsp3) is 0.462. The number of carbonyl (C=O) groups excluding carboxylic acids is 1. The van der Waals surface area contributed by atoms with Gasteiger partial charge in [0.25, 0.3) is 0 Å². The van der Waals surface area contributed by atoms with Crippen molar-refractivity contribution in [2.24, 2.45) is 4.99 Å². The molecule has 1 saturated carbocycles. The Morgan fingerprint density at radius 3 is 2.71 bits per heavy atom. The van der Waals surface area contributed by atoms with E-state index in [2.05, 4.69) is 27.8 Å². The standard InChI is InChI=1S/C13H14BrNO2/c1-2-9-6-10(12(17)11(14)7-9)13(15-8-16)4-3-5-13/h6-7,17H,2-5H2,1H3. The van der Waals surface area contributed by atoms with Crippen molar-refractivity contribution in [2.75, 3.05) is 0 Å². The topological polar surface area (TPSA) is 49.7 Å². The number of phenolic OH excluding ortho intramolecular Hbond substituents is 1. The molecule has 0 aliphatic heterocycles. The van der Waals surface area contributed by atoms with Crippen molar-refractivity contribution < 1.29 is 9.90 Å². The molecule has 0 bridgehead atoms. The molecule has 0 heterocycles. The molecule has 2 rings (SSSR count). The predicted molar refractivity (Wildman–Crippen MR) is 68.8 cm³/mol. The van der Waals surface area contributed by atoms with Crippen LogP contribution in [0.4, 0.5) is 0 Å². The zero-order chi connectivity index (χ0) is 12.5. The Kier molecular flexibility index (Phi) is 3.36. The van der Waals surface area contributed by atoms with Gasteiger partial charge in [-0.2, -0.15) is 4.99 Å². The third-order valence-corrected chi connectivity index (χ3v) is 4.08. The highest BCUT2D eigenvalue weighted by molar-refractivity contribution is 9.10. The van der Waals surface area contributed by atoms with Crippen LogP contribution in [-0.4, -0.2) is 11.2 Å². The van der Waals surface area contributed by atoms with E-state index in [0.29, 0.717) is 4.47 Å². The van der Waals surface area contributed by atoms with Gasteiger partial charge in [-0.1, -0.05) is 6.92 Å². The summed E-state index contributed by atoms with van der Waals surface area (Å²) in [6, 6.07) is 3.84. The molecule has 0 radical (unpaired) electrons. The Morgan fingerprint density at radius 2 is 2.24 bits per heavy atom. The molecular formula is C13H14BrNO2. The Hall–Kier alpha value is -1.12. The largest absolute Gasteiger partial charge is 0.506 e. The summed E-state index contributed by atoms with van der Waals surface area (Å²) < 4.78 is 0.666. The number of phenols is 1. The van der Waals surface area contributed by atoms with Gasteiger partial charge in [-0.3, -0.25) is 0 Å². The molecule has 1 N–H and O–H groups in total. The fourth-order valence-electron chi connectivity index (χ4n) is 2.25. The van der Waals surface area contributed by atoms with Crippen LogP contribution < -0.4 is 0 Å². The molecule has 3 nitrogen and oxygen atoms in total. The zero-order valence-electron chi connectivity index (χ0n) is 9.66. The van der Waals surface area contributed by atoms with Crippen LogP contribution in [0.5, 0.6) is 5.75 Å². The van der Waals surface area contributed by atoms with Crippen molar-refractivity contribution in [1.29, 1.82) is 0 Å². The first-order valence-corrected chi connectivity index (χ1v) is 6.53. The third-order valence-electron chi connectivity index (χ3n) is 3.47. The van der Waals surface area contributed by atoms with E-state index in [-0.39, 0.29) is 5.75 Å². The van der Waals surface area contributed by atoms with Crippen LogP contribution in [0.25, 0.3) is 0 Å². The van der Waals surface area contributed by atoms with Gasteiger partial charge in [0.15, 0.2) is 0 Å². The molecule has 1 aromatic rings. The second-order valence-corrected chi connectivity index (χ2v) is 5.27. The van der Waals surface area contributed by atoms with E-state index >= 15 is 0 Å². The van der Waals surface area contributed by atoms with Gasteiger partial charge in [0.2, 0.25) is 6.08 Å². The fourth-order valence-corrected chi connectivity index (χ4v) is 2.76. The Morgan fingerprint density at radius 1 is 1.53 bits per heavy atom. The van der Waals surface area contributed by atoms with E-state index in [4.69, 9.17) is 0 Å². The van der Waals surface area contributed by atoms with E-state index < -0.39 is 5.54 Å². The minimum absolute atomic E-state index is 0.195. The molecule has 1 fully saturated rings. The quantitative estimate of drug-likeness (QED) is 0.686. The van der Waals surface area contributed by atoms with Gasteiger partial charge in [-0.25, -0.2) is 4.79 Å². The van der Waals surface area contributed by atoms with E-state index in [1.54, 1.807) is 6.08 Å². The molecular weight excluding hydrogens is 282 g/mol. The second-order valence-electron chi connectivity index (χ2n) is 4.42. The molecule has 1 aliphatic rings. The molecule has 90 valence electrons. The van der Waals surface area contributed by atoms with Gasteiger partial charge >= 0.3 is 0 Å². The van der Waals surface area contributed by atoms with Crippen LogP contribution in [-0.2, 0) is 16.8 Å². The molecule has 17 heavy (non-hydrogen) atoms. The van der Waals surface area contributed by atoms with Crippen molar-refractivity contribution in [1.82, 2.24) is 0 Å². The predicted octanol–water partition coefficient (Wildman–Crippen LogP) is 3.43. The third kappa shape index (κ3) is 2.03. The van der Waals surface area contributed by atoms with Crippen molar-refractivity contribution in [3.8, 4) is 5.75 Å². The van der Waals surface area contributed by atoms with Crippen LogP contribution in [0.1, 0.15) is 37.3 Å². The van der Waals surface area contributed by atoms with Crippen molar-refractivity contribution in [3.05, 3.63) is 27.7 Å². The second kappa shape index (κ2) is 4.63. The number of aliphatic imine (C=N–C) groups is 1. The van der Waals surface area contributed by atoms with E-state index in [0.717, 1.165) is 36.8 Å². The first-order chi connectivity index (χ1) is 8.13. The van der Waals surface area contributed by atoms with Gasteiger partial charge in [-0.05, 0) is 59.3 Å². The van der Waals surface area contributed by atoms with Crippen LogP contribution in [0, 0.1) is 0 Å². The zero-order valence-corrected chi connectivity index (χ0v) is 11.2. The lowest BCUT2D eigenvalue weighted by Crippen LogP contribution is -2.32. The number of benzene rings is 1. The SMILES string of the molecule is CCc1cc(Br)c(O)c(C2(N=C=O)CCC2)c1. The summed E-state index contributed by atoms with van der Waals surface area (Å²) in [5.41, 5.74) is 1.33. The summed E-state index contributed by atoms with van der Waals surface area (Å²) in [5.74, 6) is 0.195. The van der Waals surface area contributed by atoms with Gasteiger partial charge < -0.3 is 5.11 Å². The highest BCUT2D eigenvalue weighted by Crippen LogP contribution is 2.49. The summed E-state index contributed by atoms with van der Waals surface area (Å²) in [4.78, 5) is 14.5. The average molecular weight is 296 g/mol. The van der Waals surface area contributed by atoms with E-state index in [1.807, 2.05) is 12.1 Å². The minimum Gasteiger partial charge on any atom is -0.506 e. The molecule has 0 saturated heterocycles. The van der Waals surface area contributed by atoms with Crippen LogP contribution in [0.3, 0.4) is 0 Å². The van der Waals surface area contributed by atoms with Gasteiger partial charge in [0.05, 0.1) is 4.47 Å². The van der Waals surface area contributed by atoms with Gasteiger partial charge in [0, 0.05) is 5.56 Å². The summed E-state index contributed by atoms with van der Waals surface area (Å²) in [5, 5.41) is 10.1. The molecule has 4 heteroatoms. The number of rotatable bonds is 3. The lowest BCUT2D eigenvalue weighted by molar-refractivity contribution is 0.247. The van der Waals surface area contributed by atoms with Gasteiger partial charge in [-0.15, -0.1) is 0 Å². The van der Waals surface area contributed by atoms with E-state index in [9.17, 15) is 9.90 Å². The first kappa shape index (κ1) is 12.3. The molecule has 0 aromatic heterocycles. The number of aromatic hydroxyl groups is 1. The van der Waals surface area contributed by atoms with Crippen molar-refractivity contribution in [3.63, 3.8) is 0 Å². The number of aryl methyl sites for hydroxylation is 1. The van der Waals surface area contributed by atoms with Crippen LogP contribution in [0.2, 0.25) is 0 Å². The smallest absolute Gasteiger partial charge is 0.235 e. The minimum atomic E-state index is -0.542. The maximum absolute atomic E-state index is 10.6. The Labute approximate surface area is 109 Å². The highest BCUT2D eigenvalue weighted by atomic mass is 79.9. The summed E-state index contributed by atoms with van der Waals surface area (Å²) in [6.45, 7) is 2.05. The Bertz CT molecular complexity index is 488. The lowest BCUT2D eigenvalue weighted by atomic mass is 9.71. The maximum atomic E-state index is 10.6. The molecule has 0 atom stereocenters. The van der Waals surface area contributed by atoms with Crippen LogP contribution >= 0.6 is 15.9 Å². The molecule has 1 aliphatic carbocycles. The maximum Gasteiger partial charge on any atom is 0.235 e. The first-order valence-electron chi connectivity index (χ1n) is 5.74. The number of isocyanates is 1. The number of nitrogens with zero attached hydrogens (tertiary/aromatic N) is 1. The lowest BCUT2D eigenvalue weighted by Gasteiger charge is -2.37. The number of halogens is 1. The van der Waals surface area contributed by atoms with Crippen LogP contribution in [0.15, 0.2) is 21.6 Å². The molecule has 0 unspecified atom stereocenters. The number of hydrogen-bond donors (Lipinski definition) is 1. The summed E-state index contributed by atoms with van der Waals surface area (Å²) in [7, 11) is 0. The normalized spacial score (nSPS) is 17.1. The summed E-state index contributed by atoms with van der Waals surface area (Å²) in [6.07, 6.45) is 5.15. The van der Waals surface area contributed by atoms with E-state index in [1.165, 1.54) is 0 Å². The van der Waals surface area contributed by atoms with Gasteiger partial charge in [0.1, 0.15) is 11.3 Å².